The molecule has 2 N–H and O–H groups in total. The molecule has 0 bridgehead atoms. The van der Waals surface area contributed by atoms with Crippen LogP contribution in [-0.4, -0.2) is 38.5 Å². The second kappa shape index (κ2) is 7.18. The molecule has 0 saturated carbocycles. The Balaban J connectivity index is 1.72. The average molecular weight is 292 g/mol. The Hall–Kier alpha value is -2.70. The first-order valence-electron chi connectivity index (χ1n) is 6.40. The number of carbonyl (C=O) groups is 2. The molecule has 7 nitrogen and oxygen atoms in total. The van der Waals surface area contributed by atoms with Crippen LogP contribution in [0.5, 0.6) is 11.5 Å². The van der Waals surface area contributed by atoms with E-state index in [0.717, 1.165) is 0 Å². The van der Waals surface area contributed by atoms with E-state index in [-0.39, 0.29) is 32.4 Å². The van der Waals surface area contributed by atoms with E-state index in [4.69, 9.17) is 14.2 Å². The van der Waals surface area contributed by atoms with Crippen LogP contribution in [0.2, 0.25) is 0 Å². The predicted octanol–water partition coefficient (Wildman–Crippen LogP) is 1.06. The third-order valence-corrected chi connectivity index (χ3v) is 2.65. The number of hydrogen-bond donors (Lipinski definition) is 2. The summed E-state index contributed by atoms with van der Waals surface area (Å²) in [5.41, 5.74) is 0.466. The summed E-state index contributed by atoms with van der Waals surface area (Å²) in [6.45, 7) is 4.30. The van der Waals surface area contributed by atoms with Crippen molar-refractivity contribution in [2.75, 3.05) is 26.5 Å². The van der Waals surface area contributed by atoms with Gasteiger partial charge in [0.15, 0.2) is 11.5 Å². The molecule has 0 aliphatic carbocycles. The molecule has 2 rings (SSSR count). The van der Waals surface area contributed by atoms with Gasteiger partial charge in [-0.1, -0.05) is 12.7 Å². The molecule has 1 aromatic carbocycles. The van der Waals surface area contributed by atoms with Gasteiger partial charge in [-0.05, 0) is 18.2 Å². The zero-order valence-electron chi connectivity index (χ0n) is 11.4. The van der Waals surface area contributed by atoms with Crippen molar-refractivity contribution in [3.63, 3.8) is 0 Å². The van der Waals surface area contributed by atoms with Gasteiger partial charge in [0.1, 0.15) is 6.61 Å². The summed E-state index contributed by atoms with van der Waals surface area (Å²) in [5.74, 6) is 0.918. The van der Waals surface area contributed by atoms with Gasteiger partial charge in [0, 0.05) is 18.7 Å². The quantitative estimate of drug-likeness (QED) is 0.605. The van der Waals surface area contributed by atoms with Crippen molar-refractivity contribution in [3.05, 3.63) is 36.4 Å². The predicted molar refractivity (Wildman–Crippen MR) is 74.4 cm³/mol. The van der Waals surface area contributed by atoms with Gasteiger partial charge in [-0.2, -0.15) is 0 Å². The molecule has 1 heterocycles. The minimum absolute atomic E-state index is 0.148. The number of fused-ring (bicyclic) bond motifs is 1. The zero-order chi connectivity index (χ0) is 15.1. The standard InChI is InChI=1S/C14H16N2O5/c1-2-7-19-14(18)16-6-5-15-13(17)10-3-4-11-12(8-10)21-9-20-11/h2-4,8H,1,5-7,9H2,(H,15,17)(H,16,18). The molecule has 1 aliphatic heterocycles. The average Bonchev–Trinajstić information content (AvgIpc) is 2.96. The van der Waals surface area contributed by atoms with Crippen LogP contribution < -0.4 is 20.1 Å². The number of nitrogens with one attached hydrogen (secondary N) is 2. The molecule has 0 aromatic heterocycles. The topological polar surface area (TPSA) is 85.9 Å². The summed E-state index contributed by atoms with van der Waals surface area (Å²) < 4.78 is 15.1. The molecule has 0 fully saturated rings. The second-order valence-electron chi connectivity index (χ2n) is 4.14. The van der Waals surface area contributed by atoms with Gasteiger partial charge in [-0.3, -0.25) is 4.79 Å². The number of rotatable bonds is 6. The van der Waals surface area contributed by atoms with Crippen LogP contribution in [0.4, 0.5) is 4.79 Å². The Morgan fingerprint density at radius 2 is 2.00 bits per heavy atom. The van der Waals surface area contributed by atoms with E-state index < -0.39 is 6.09 Å². The first-order chi connectivity index (χ1) is 10.2. The van der Waals surface area contributed by atoms with Gasteiger partial charge >= 0.3 is 6.09 Å². The summed E-state index contributed by atoms with van der Waals surface area (Å²) >= 11 is 0. The summed E-state index contributed by atoms with van der Waals surface area (Å²) in [4.78, 5) is 23.0. The van der Waals surface area contributed by atoms with Crippen LogP contribution in [0.15, 0.2) is 30.9 Å². The van der Waals surface area contributed by atoms with Crippen LogP contribution in [0.25, 0.3) is 0 Å². The van der Waals surface area contributed by atoms with E-state index >= 15 is 0 Å². The second-order valence-corrected chi connectivity index (χ2v) is 4.14. The van der Waals surface area contributed by atoms with Crippen LogP contribution >= 0.6 is 0 Å². The molecule has 0 saturated heterocycles. The summed E-state index contributed by atoms with van der Waals surface area (Å²) in [6, 6.07) is 4.94. The maximum atomic E-state index is 11.9. The number of benzene rings is 1. The van der Waals surface area contributed by atoms with Gasteiger partial charge in [-0.25, -0.2) is 4.79 Å². The molecule has 21 heavy (non-hydrogen) atoms. The van der Waals surface area contributed by atoms with Gasteiger partial charge in [0.05, 0.1) is 0 Å². The Kier molecular flexibility index (Phi) is 5.03. The smallest absolute Gasteiger partial charge is 0.407 e. The van der Waals surface area contributed by atoms with Crippen molar-refractivity contribution >= 4 is 12.0 Å². The van der Waals surface area contributed by atoms with E-state index in [1.165, 1.54) is 6.08 Å². The maximum Gasteiger partial charge on any atom is 0.407 e. The van der Waals surface area contributed by atoms with Crippen LogP contribution in [0.3, 0.4) is 0 Å². The molecule has 1 aliphatic rings. The van der Waals surface area contributed by atoms with Crippen molar-refractivity contribution in [1.82, 2.24) is 10.6 Å². The van der Waals surface area contributed by atoms with E-state index in [9.17, 15) is 9.59 Å². The molecule has 2 amide bonds. The number of hydrogen-bond acceptors (Lipinski definition) is 5. The fraction of sp³-hybridized carbons (Fsp3) is 0.286. The maximum absolute atomic E-state index is 11.9. The Morgan fingerprint density at radius 3 is 2.81 bits per heavy atom. The van der Waals surface area contributed by atoms with E-state index in [2.05, 4.69) is 17.2 Å². The molecule has 0 unspecified atom stereocenters. The van der Waals surface area contributed by atoms with Gasteiger partial charge in [-0.15, -0.1) is 0 Å². The van der Waals surface area contributed by atoms with Crippen molar-refractivity contribution in [2.45, 2.75) is 0 Å². The summed E-state index contributed by atoms with van der Waals surface area (Å²) in [6.07, 6.45) is 0.924. The van der Waals surface area contributed by atoms with E-state index in [1.54, 1.807) is 18.2 Å². The Morgan fingerprint density at radius 1 is 1.24 bits per heavy atom. The third-order valence-electron chi connectivity index (χ3n) is 2.65. The first kappa shape index (κ1) is 14.7. The fourth-order valence-corrected chi connectivity index (χ4v) is 1.67. The highest BCUT2D eigenvalue weighted by molar-refractivity contribution is 5.94. The molecule has 112 valence electrons. The van der Waals surface area contributed by atoms with Gasteiger partial charge < -0.3 is 24.8 Å². The lowest BCUT2D eigenvalue weighted by atomic mass is 10.2. The number of alkyl carbamates (subject to hydrolysis) is 1. The number of amides is 2. The molecular weight excluding hydrogens is 276 g/mol. The molecule has 0 radical (unpaired) electrons. The lowest BCUT2D eigenvalue weighted by molar-refractivity contribution is 0.0952. The SMILES string of the molecule is C=CCOC(=O)NCCNC(=O)c1ccc2c(c1)OCO2. The Labute approximate surface area is 121 Å². The molecule has 0 spiro atoms. The van der Waals surface area contributed by atoms with Crippen molar-refractivity contribution < 1.29 is 23.8 Å². The lowest BCUT2D eigenvalue weighted by Crippen LogP contribution is -2.35. The van der Waals surface area contributed by atoms with Crippen LogP contribution in [-0.2, 0) is 4.74 Å². The minimum Gasteiger partial charge on any atom is -0.454 e. The summed E-state index contributed by atoms with van der Waals surface area (Å²) in [5, 5.41) is 5.17. The number of ether oxygens (including phenoxy) is 3. The zero-order valence-corrected chi connectivity index (χ0v) is 11.4. The number of carbonyl (C=O) groups excluding carboxylic acids is 2. The van der Waals surface area contributed by atoms with Crippen LogP contribution in [0, 0.1) is 0 Å². The van der Waals surface area contributed by atoms with Crippen LogP contribution in [0.1, 0.15) is 10.4 Å². The van der Waals surface area contributed by atoms with E-state index in [1.807, 2.05) is 0 Å². The lowest BCUT2D eigenvalue weighted by Gasteiger charge is -2.07. The highest BCUT2D eigenvalue weighted by Gasteiger charge is 2.15. The Bertz CT molecular complexity index is 544. The monoisotopic (exact) mass is 292 g/mol. The minimum atomic E-state index is -0.549. The van der Waals surface area contributed by atoms with Gasteiger partial charge in [0.2, 0.25) is 6.79 Å². The van der Waals surface area contributed by atoms with Crippen molar-refractivity contribution in [2.24, 2.45) is 0 Å². The largest absolute Gasteiger partial charge is 0.454 e. The highest BCUT2D eigenvalue weighted by atomic mass is 16.7. The van der Waals surface area contributed by atoms with Crippen molar-refractivity contribution in [3.8, 4) is 11.5 Å². The molecular formula is C14H16N2O5. The molecule has 0 atom stereocenters. The van der Waals surface area contributed by atoms with Gasteiger partial charge in [0.25, 0.3) is 5.91 Å². The molecule has 1 aromatic rings. The third kappa shape index (κ3) is 4.13. The van der Waals surface area contributed by atoms with E-state index in [0.29, 0.717) is 17.1 Å². The normalized spacial score (nSPS) is 11.6. The fourth-order valence-electron chi connectivity index (χ4n) is 1.67. The first-order valence-corrected chi connectivity index (χ1v) is 6.40. The van der Waals surface area contributed by atoms with Crippen molar-refractivity contribution in [1.29, 1.82) is 0 Å². The molecule has 7 heteroatoms. The summed E-state index contributed by atoms with van der Waals surface area (Å²) in [7, 11) is 0. The highest BCUT2D eigenvalue weighted by Crippen LogP contribution is 2.32.